The molecule has 0 radical (unpaired) electrons. The second-order valence-electron chi connectivity index (χ2n) is 16.0. The minimum atomic E-state index is -1.50. The Labute approximate surface area is 346 Å². The van der Waals surface area contributed by atoms with Crippen LogP contribution in [0.1, 0.15) is 30.5 Å². The number of hydrogen-bond donors (Lipinski definition) is 0. The predicted octanol–water partition coefficient (Wildman–Crippen LogP) is 15.8. The summed E-state index contributed by atoms with van der Waals surface area (Å²) in [4.78, 5) is 3.35. The topological polar surface area (TPSA) is 6.48 Å². The fourth-order valence-corrected chi connectivity index (χ4v) is 8.93. The van der Waals surface area contributed by atoms with Crippen molar-refractivity contribution < 1.29 is 17.6 Å². The van der Waals surface area contributed by atoms with Gasteiger partial charge in [-0.25, -0.2) is 17.6 Å². The van der Waals surface area contributed by atoms with Gasteiger partial charge in [0.05, 0.1) is 11.3 Å². The maximum atomic E-state index is 17.0. The first-order valence-corrected chi connectivity index (χ1v) is 19.9. The van der Waals surface area contributed by atoms with Crippen LogP contribution in [0.4, 0.5) is 51.7 Å². The molecule has 0 heterocycles. The second kappa shape index (κ2) is 14.3. The normalized spacial score (nSPS) is 12.7. The molecule has 2 nitrogen and oxygen atoms in total. The molecule has 1 aliphatic carbocycles. The van der Waals surface area contributed by atoms with Crippen LogP contribution in [0, 0.1) is 30.2 Å². The molecule has 60 heavy (non-hydrogen) atoms. The fraction of sp³-hybridized carbons (Fsp3) is 0.0741. The number of benzene rings is 9. The number of fused-ring (bicyclic) bond motifs is 5. The summed E-state index contributed by atoms with van der Waals surface area (Å²) in [5.74, 6) is -5.97. The highest BCUT2D eigenvalue weighted by Crippen LogP contribution is 2.52. The summed E-state index contributed by atoms with van der Waals surface area (Å²) in [6.07, 6.45) is 0. The number of anilines is 6. The van der Waals surface area contributed by atoms with E-state index < -0.39 is 39.9 Å². The molecular formula is C54H38F4N2. The molecular weight excluding hydrogens is 753 g/mol. The summed E-state index contributed by atoms with van der Waals surface area (Å²) in [5, 5.41) is 3.59. The van der Waals surface area contributed by atoms with Crippen molar-refractivity contribution in [2.75, 3.05) is 9.80 Å². The fourth-order valence-electron chi connectivity index (χ4n) is 8.93. The molecule has 0 atom stereocenters. The largest absolute Gasteiger partial charge is 0.310 e. The van der Waals surface area contributed by atoms with Crippen LogP contribution in [-0.4, -0.2) is 0 Å². The van der Waals surface area contributed by atoms with Gasteiger partial charge in [-0.1, -0.05) is 141 Å². The van der Waals surface area contributed by atoms with E-state index in [-0.39, 0.29) is 5.56 Å². The zero-order valence-corrected chi connectivity index (χ0v) is 33.1. The molecule has 9 aromatic rings. The monoisotopic (exact) mass is 790 g/mol. The molecule has 0 saturated carbocycles. The summed E-state index contributed by atoms with van der Waals surface area (Å²) >= 11 is 0. The zero-order valence-electron chi connectivity index (χ0n) is 33.1. The van der Waals surface area contributed by atoms with E-state index in [9.17, 15) is 0 Å². The van der Waals surface area contributed by atoms with Gasteiger partial charge in [-0.05, 0) is 105 Å². The van der Waals surface area contributed by atoms with Gasteiger partial charge in [0, 0.05) is 33.6 Å². The Bertz CT molecular complexity index is 3100. The Morgan fingerprint density at radius 1 is 0.417 bits per heavy atom. The lowest BCUT2D eigenvalue weighted by atomic mass is 9.82. The quantitative estimate of drug-likeness (QED) is 0.117. The third kappa shape index (κ3) is 5.93. The molecule has 0 amide bonds. The van der Waals surface area contributed by atoms with Crippen LogP contribution in [0.25, 0.3) is 43.8 Å². The highest BCUT2D eigenvalue weighted by atomic mass is 19.2. The summed E-state index contributed by atoms with van der Waals surface area (Å²) in [6, 6.07) is 55.1. The molecule has 0 saturated heterocycles. The number of hydrogen-bond acceptors (Lipinski definition) is 2. The van der Waals surface area contributed by atoms with Crippen molar-refractivity contribution in [3.8, 4) is 22.3 Å². The third-order valence-electron chi connectivity index (χ3n) is 12.0. The summed E-state index contributed by atoms with van der Waals surface area (Å²) in [6.45, 7) is 6.22. The van der Waals surface area contributed by atoms with Crippen LogP contribution >= 0.6 is 0 Å². The van der Waals surface area contributed by atoms with Gasteiger partial charge < -0.3 is 9.80 Å². The number of aryl methyl sites for hydroxylation is 1. The van der Waals surface area contributed by atoms with Gasteiger partial charge in [0.15, 0.2) is 23.3 Å². The van der Waals surface area contributed by atoms with Gasteiger partial charge in [0.25, 0.3) is 0 Å². The van der Waals surface area contributed by atoms with Crippen molar-refractivity contribution in [2.45, 2.75) is 26.2 Å². The molecule has 0 spiro atoms. The molecule has 0 aliphatic heterocycles. The van der Waals surface area contributed by atoms with E-state index in [1.807, 2.05) is 127 Å². The highest BCUT2D eigenvalue weighted by Gasteiger charge is 2.37. The molecule has 0 N–H and O–H groups in total. The first kappa shape index (κ1) is 37.1. The Hall–Kier alpha value is -7.18. The van der Waals surface area contributed by atoms with Gasteiger partial charge >= 0.3 is 0 Å². The summed E-state index contributed by atoms with van der Waals surface area (Å²) in [7, 11) is 0. The molecule has 0 aromatic heterocycles. The van der Waals surface area contributed by atoms with E-state index in [2.05, 4.69) is 32.0 Å². The minimum Gasteiger partial charge on any atom is -0.310 e. The average molecular weight is 791 g/mol. The van der Waals surface area contributed by atoms with Gasteiger partial charge in [-0.2, -0.15) is 0 Å². The Balaban J connectivity index is 1.11. The van der Waals surface area contributed by atoms with Crippen LogP contribution in [0.15, 0.2) is 176 Å². The van der Waals surface area contributed by atoms with Crippen LogP contribution in [0.3, 0.4) is 0 Å². The van der Waals surface area contributed by atoms with E-state index in [0.717, 1.165) is 55.4 Å². The first-order chi connectivity index (χ1) is 29.1. The summed E-state index contributed by atoms with van der Waals surface area (Å²) in [5.41, 5.74) is 6.33. The molecule has 1 aliphatic rings. The highest BCUT2D eigenvalue weighted by molar-refractivity contribution is 6.00. The van der Waals surface area contributed by atoms with Gasteiger partial charge in [0.1, 0.15) is 5.69 Å². The van der Waals surface area contributed by atoms with Crippen LogP contribution in [0.2, 0.25) is 0 Å². The van der Waals surface area contributed by atoms with Crippen molar-refractivity contribution in [3.63, 3.8) is 0 Å². The van der Waals surface area contributed by atoms with Crippen molar-refractivity contribution in [1.29, 1.82) is 0 Å². The van der Waals surface area contributed by atoms with E-state index in [1.165, 1.54) is 17.0 Å². The van der Waals surface area contributed by atoms with Crippen molar-refractivity contribution in [2.24, 2.45) is 0 Å². The minimum absolute atomic E-state index is 0.00535. The van der Waals surface area contributed by atoms with Crippen LogP contribution < -0.4 is 9.80 Å². The van der Waals surface area contributed by atoms with E-state index in [1.54, 1.807) is 30.3 Å². The van der Waals surface area contributed by atoms with E-state index in [0.29, 0.717) is 22.4 Å². The van der Waals surface area contributed by atoms with Crippen molar-refractivity contribution in [3.05, 3.63) is 216 Å². The Kier molecular flexibility index (Phi) is 8.83. The first-order valence-electron chi connectivity index (χ1n) is 19.9. The number of halogens is 4. The smallest absolute Gasteiger partial charge is 0.186 e. The molecule has 0 unspecified atom stereocenters. The van der Waals surface area contributed by atoms with Crippen LogP contribution in [0.5, 0.6) is 0 Å². The number of rotatable bonds is 7. The summed E-state index contributed by atoms with van der Waals surface area (Å²) < 4.78 is 67.6. The molecule has 9 aromatic carbocycles. The lowest BCUT2D eigenvalue weighted by molar-refractivity contribution is 0.461. The number of nitrogens with zero attached hydrogens (tertiary/aromatic N) is 2. The standard InChI is InChI=1S/C54H38F4N2/c1-33-19-24-38(25-20-33)59(40-28-21-34-11-4-5-13-37(34)31-40)39-26-22-36(23-27-39)48-49(55)51(57)53(52(58)50(48)56)60(47-18-10-14-35-12-6-7-15-42(35)47)41-29-30-44-43-16-8-9-17-45(43)54(2,3)46(44)32-41/h4-32H,1-3H3. The molecule has 10 rings (SSSR count). The van der Waals surface area contributed by atoms with E-state index >= 15 is 17.6 Å². The van der Waals surface area contributed by atoms with Gasteiger partial charge in [0.2, 0.25) is 0 Å². The second-order valence-corrected chi connectivity index (χ2v) is 16.0. The maximum Gasteiger partial charge on any atom is 0.186 e. The van der Waals surface area contributed by atoms with Crippen molar-refractivity contribution >= 4 is 55.7 Å². The Morgan fingerprint density at radius 2 is 0.967 bits per heavy atom. The molecule has 0 bridgehead atoms. The Morgan fingerprint density at radius 3 is 1.70 bits per heavy atom. The lowest BCUT2D eigenvalue weighted by Gasteiger charge is -2.30. The average Bonchev–Trinajstić information content (AvgIpc) is 3.50. The van der Waals surface area contributed by atoms with Crippen molar-refractivity contribution in [1.82, 2.24) is 0 Å². The van der Waals surface area contributed by atoms with Gasteiger partial charge in [-0.15, -0.1) is 0 Å². The maximum absolute atomic E-state index is 17.0. The SMILES string of the molecule is Cc1ccc(N(c2ccc(-c3c(F)c(F)c(N(c4ccc5c(c4)C(C)(C)c4ccccc4-5)c4cccc5ccccc45)c(F)c3F)cc2)c2ccc3ccccc3c2)cc1. The molecule has 6 heteroatoms. The van der Waals surface area contributed by atoms with Gasteiger partial charge in [-0.3, -0.25) is 0 Å². The van der Waals surface area contributed by atoms with Crippen LogP contribution in [-0.2, 0) is 5.41 Å². The third-order valence-corrected chi connectivity index (χ3v) is 12.0. The lowest BCUT2D eigenvalue weighted by Crippen LogP contribution is -2.19. The zero-order chi connectivity index (χ0) is 41.3. The van der Waals surface area contributed by atoms with E-state index in [4.69, 9.17) is 0 Å². The predicted molar refractivity (Wildman–Crippen MR) is 238 cm³/mol. The molecule has 0 fully saturated rings. The molecule has 292 valence electrons.